The van der Waals surface area contributed by atoms with Gasteiger partial charge >= 0.3 is 0 Å². The molecule has 0 aliphatic heterocycles. The lowest BCUT2D eigenvalue weighted by atomic mass is 10.1. The number of carbonyl (C=O) groups is 1. The fourth-order valence-corrected chi connectivity index (χ4v) is 1.38. The maximum atomic E-state index is 11.1. The fraction of sp³-hybridized carbons (Fsp3) is 0.182. The number of anilines is 1. The average molecular weight is 189 g/mol. The van der Waals surface area contributed by atoms with Crippen molar-refractivity contribution < 1.29 is 9.21 Å². The normalized spacial score (nSPS) is 10.7. The minimum Gasteiger partial charge on any atom is -0.453 e. The van der Waals surface area contributed by atoms with E-state index >= 15 is 0 Å². The highest BCUT2D eigenvalue weighted by Gasteiger charge is 2.08. The van der Waals surface area contributed by atoms with Gasteiger partial charge in [-0.25, -0.2) is 0 Å². The first-order chi connectivity index (χ1) is 6.58. The predicted molar refractivity (Wildman–Crippen MR) is 55.4 cm³/mol. The minimum absolute atomic E-state index is 0.0718. The van der Waals surface area contributed by atoms with Gasteiger partial charge in [-0.05, 0) is 30.7 Å². The molecule has 0 bridgehead atoms. The van der Waals surface area contributed by atoms with Crippen LogP contribution in [-0.4, -0.2) is 5.78 Å². The van der Waals surface area contributed by atoms with Crippen LogP contribution in [0.3, 0.4) is 0 Å². The minimum atomic E-state index is -0.0718. The number of ketones is 1. The van der Waals surface area contributed by atoms with E-state index in [1.54, 1.807) is 6.07 Å². The van der Waals surface area contributed by atoms with Gasteiger partial charge in [0.05, 0.1) is 0 Å². The number of hydrogen-bond acceptors (Lipinski definition) is 3. The summed E-state index contributed by atoms with van der Waals surface area (Å²) in [6, 6.07) is 5.38. The van der Waals surface area contributed by atoms with E-state index in [0.717, 1.165) is 10.9 Å². The van der Waals surface area contributed by atoms with E-state index in [4.69, 9.17) is 10.2 Å². The summed E-state index contributed by atoms with van der Waals surface area (Å²) in [5, 5.41) is 0.873. The van der Waals surface area contributed by atoms with Gasteiger partial charge in [0.2, 0.25) is 0 Å². The molecule has 2 aromatic rings. The van der Waals surface area contributed by atoms with Gasteiger partial charge in [0.1, 0.15) is 5.58 Å². The van der Waals surface area contributed by atoms with Crippen LogP contribution in [0.1, 0.15) is 23.0 Å². The van der Waals surface area contributed by atoms with Gasteiger partial charge in [-0.2, -0.15) is 0 Å². The zero-order valence-corrected chi connectivity index (χ0v) is 8.13. The highest BCUT2D eigenvalue weighted by Crippen LogP contribution is 2.24. The average Bonchev–Trinajstić information content (AvgIpc) is 2.48. The second kappa shape index (κ2) is 2.87. The largest absolute Gasteiger partial charge is 0.453 e. The Balaban J connectivity index is 2.72. The van der Waals surface area contributed by atoms with Crippen molar-refractivity contribution in [3.8, 4) is 0 Å². The number of nitrogen functional groups attached to an aromatic ring is 1. The monoisotopic (exact) mass is 189 g/mol. The Hall–Kier alpha value is -1.77. The van der Waals surface area contributed by atoms with Gasteiger partial charge in [-0.15, -0.1) is 0 Å². The van der Waals surface area contributed by atoms with Gasteiger partial charge in [0, 0.05) is 18.0 Å². The van der Waals surface area contributed by atoms with Crippen molar-refractivity contribution in [1.29, 1.82) is 0 Å². The Labute approximate surface area is 81.5 Å². The van der Waals surface area contributed by atoms with E-state index in [1.807, 2.05) is 19.1 Å². The van der Waals surface area contributed by atoms with Crippen LogP contribution in [0.5, 0.6) is 0 Å². The lowest BCUT2D eigenvalue weighted by Gasteiger charge is -1.97. The molecule has 0 amide bonds. The summed E-state index contributed by atoms with van der Waals surface area (Å²) in [6.07, 6.45) is 0. The van der Waals surface area contributed by atoms with Crippen molar-refractivity contribution in [2.45, 2.75) is 13.8 Å². The highest BCUT2D eigenvalue weighted by atomic mass is 16.3. The number of rotatable bonds is 1. The second-order valence-corrected chi connectivity index (χ2v) is 3.41. The smallest absolute Gasteiger partial charge is 0.194 e. The van der Waals surface area contributed by atoms with E-state index in [2.05, 4.69) is 0 Å². The number of hydrogen-bond donors (Lipinski definition) is 1. The van der Waals surface area contributed by atoms with Gasteiger partial charge in [0.25, 0.3) is 0 Å². The van der Waals surface area contributed by atoms with Gasteiger partial charge in [0.15, 0.2) is 11.5 Å². The zero-order chi connectivity index (χ0) is 10.3. The third-order valence-corrected chi connectivity index (χ3v) is 2.25. The van der Waals surface area contributed by atoms with Crippen molar-refractivity contribution in [3.05, 3.63) is 29.5 Å². The molecule has 1 heterocycles. The molecule has 0 fully saturated rings. The second-order valence-electron chi connectivity index (χ2n) is 3.41. The molecule has 0 saturated heterocycles. The Morgan fingerprint density at radius 2 is 2.07 bits per heavy atom. The molecule has 0 spiro atoms. The molecule has 1 aromatic heterocycles. The van der Waals surface area contributed by atoms with Crippen molar-refractivity contribution in [3.63, 3.8) is 0 Å². The van der Waals surface area contributed by atoms with E-state index in [0.29, 0.717) is 17.0 Å². The number of fused-ring (bicyclic) bond motifs is 1. The first-order valence-electron chi connectivity index (χ1n) is 4.38. The van der Waals surface area contributed by atoms with Crippen LogP contribution >= 0.6 is 0 Å². The Morgan fingerprint density at radius 3 is 2.71 bits per heavy atom. The summed E-state index contributed by atoms with van der Waals surface area (Å²) in [5.74, 6) is 0.308. The van der Waals surface area contributed by atoms with E-state index < -0.39 is 0 Å². The third kappa shape index (κ3) is 1.27. The first kappa shape index (κ1) is 8.81. The molecule has 3 nitrogen and oxygen atoms in total. The summed E-state index contributed by atoms with van der Waals surface area (Å²) in [4.78, 5) is 11.1. The molecule has 0 saturated carbocycles. The summed E-state index contributed by atoms with van der Waals surface area (Å²) in [6.45, 7) is 3.39. The van der Waals surface area contributed by atoms with Crippen LogP contribution < -0.4 is 5.73 Å². The molecule has 2 rings (SSSR count). The molecule has 0 aliphatic rings. The first-order valence-corrected chi connectivity index (χ1v) is 4.38. The molecular weight excluding hydrogens is 178 g/mol. The van der Waals surface area contributed by atoms with E-state index in [9.17, 15) is 4.79 Å². The Kier molecular flexibility index (Phi) is 1.81. The van der Waals surface area contributed by atoms with Gasteiger partial charge in [-0.1, -0.05) is 0 Å². The molecule has 0 unspecified atom stereocenters. The van der Waals surface area contributed by atoms with Crippen LogP contribution in [0.4, 0.5) is 5.69 Å². The summed E-state index contributed by atoms with van der Waals surface area (Å²) in [5.41, 5.74) is 8.13. The number of Topliss-reactive ketones (excluding diaryl/α,β-unsaturated/α-hetero) is 1. The molecule has 72 valence electrons. The highest BCUT2D eigenvalue weighted by molar-refractivity contribution is 5.96. The molecular formula is C11H11NO2. The Morgan fingerprint density at radius 1 is 1.36 bits per heavy atom. The Bertz CT molecular complexity index is 472. The van der Waals surface area contributed by atoms with Gasteiger partial charge in [-0.3, -0.25) is 4.79 Å². The van der Waals surface area contributed by atoms with Crippen LogP contribution in [0.2, 0.25) is 0 Å². The quantitative estimate of drug-likeness (QED) is 0.554. The maximum Gasteiger partial charge on any atom is 0.194 e. The van der Waals surface area contributed by atoms with Crippen molar-refractivity contribution in [1.82, 2.24) is 0 Å². The van der Waals surface area contributed by atoms with E-state index in [1.165, 1.54) is 6.92 Å². The van der Waals surface area contributed by atoms with Crippen LogP contribution in [0.15, 0.2) is 22.6 Å². The zero-order valence-electron chi connectivity index (χ0n) is 8.13. The van der Waals surface area contributed by atoms with Crippen LogP contribution in [0, 0.1) is 6.92 Å². The van der Waals surface area contributed by atoms with Crippen LogP contribution in [0.25, 0.3) is 11.0 Å². The SMILES string of the molecule is CC(=O)c1cc2cc(N)c(C)cc2o1. The lowest BCUT2D eigenvalue weighted by Crippen LogP contribution is -1.87. The number of furan rings is 1. The lowest BCUT2D eigenvalue weighted by molar-refractivity contribution is 0.0989. The molecule has 3 heteroatoms. The number of aryl methyl sites for hydroxylation is 1. The fourth-order valence-electron chi connectivity index (χ4n) is 1.38. The predicted octanol–water partition coefficient (Wildman–Crippen LogP) is 2.53. The van der Waals surface area contributed by atoms with Crippen LogP contribution in [-0.2, 0) is 0 Å². The molecule has 0 aliphatic carbocycles. The summed E-state index contributed by atoms with van der Waals surface area (Å²) in [7, 11) is 0. The third-order valence-electron chi connectivity index (χ3n) is 2.25. The summed E-state index contributed by atoms with van der Waals surface area (Å²) < 4.78 is 5.36. The number of benzene rings is 1. The standard InChI is InChI=1S/C11H11NO2/c1-6-3-11-8(4-9(6)12)5-10(14-11)7(2)13/h3-5H,12H2,1-2H3. The van der Waals surface area contributed by atoms with Crippen molar-refractivity contribution in [2.24, 2.45) is 0 Å². The maximum absolute atomic E-state index is 11.1. The number of carbonyl (C=O) groups excluding carboxylic acids is 1. The van der Waals surface area contributed by atoms with Crippen molar-refractivity contribution >= 4 is 22.4 Å². The molecule has 2 N–H and O–H groups in total. The molecule has 14 heavy (non-hydrogen) atoms. The van der Waals surface area contributed by atoms with E-state index in [-0.39, 0.29) is 5.78 Å². The summed E-state index contributed by atoms with van der Waals surface area (Å²) >= 11 is 0. The molecule has 0 atom stereocenters. The molecule has 0 radical (unpaired) electrons. The number of nitrogens with two attached hydrogens (primary N) is 1. The molecule has 1 aromatic carbocycles. The van der Waals surface area contributed by atoms with Crippen molar-refractivity contribution in [2.75, 3.05) is 5.73 Å². The van der Waals surface area contributed by atoms with Gasteiger partial charge < -0.3 is 10.2 Å². The topological polar surface area (TPSA) is 56.2 Å².